The Morgan fingerprint density at radius 3 is 2.94 bits per heavy atom. The van der Waals surface area contributed by atoms with E-state index in [0.717, 1.165) is 0 Å². The summed E-state index contributed by atoms with van der Waals surface area (Å²) in [5.41, 5.74) is 2.44. The molecule has 1 heterocycles. The maximum absolute atomic E-state index is 12.1. The number of nitrogen functional groups attached to an aromatic ring is 1. The molecule has 0 bridgehead atoms. The first-order valence-electron chi connectivity index (χ1n) is 4.58. The highest BCUT2D eigenvalue weighted by Crippen LogP contribution is 2.13. The molecule has 3 N–H and O–H groups in total. The van der Waals surface area contributed by atoms with Gasteiger partial charge in [0.2, 0.25) is 0 Å². The van der Waals surface area contributed by atoms with E-state index in [9.17, 15) is 13.6 Å². The number of rotatable bonds is 5. The van der Waals surface area contributed by atoms with E-state index in [0.29, 0.717) is 5.56 Å². The fraction of sp³-hybridized carbons (Fsp3) is 0.444. The van der Waals surface area contributed by atoms with Crippen LogP contribution in [0.25, 0.3) is 0 Å². The number of hydrogen-bond donors (Lipinski definition) is 2. The first-order chi connectivity index (χ1) is 7.54. The molecule has 0 saturated carbocycles. The number of carbonyl (C=O) groups is 1. The van der Waals surface area contributed by atoms with Crippen LogP contribution in [-0.2, 0) is 6.54 Å². The van der Waals surface area contributed by atoms with E-state index in [1.807, 2.05) is 5.43 Å². The Kier molecular flexibility index (Phi) is 4.39. The lowest BCUT2D eigenvalue weighted by Gasteiger charge is -2.15. The zero-order valence-corrected chi connectivity index (χ0v) is 8.74. The number of hydrogen-bond acceptors (Lipinski definition) is 4. The molecule has 1 rings (SSSR count). The van der Waals surface area contributed by atoms with Crippen LogP contribution in [0.4, 0.5) is 8.78 Å². The smallest absolute Gasteiger partial charge is 0.301 e. The van der Waals surface area contributed by atoms with Crippen LogP contribution < -0.4 is 11.3 Å². The lowest BCUT2D eigenvalue weighted by Crippen LogP contribution is -2.31. The van der Waals surface area contributed by atoms with Gasteiger partial charge in [0.05, 0.1) is 12.8 Å². The van der Waals surface area contributed by atoms with Crippen LogP contribution in [0.1, 0.15) is 16.1 Å². The van der Waals surface area contributed by atoms with Crippen molar-refractivity contribution in [3.63, 3.8) is 0 Å². The van der Waals surface area contributed by atoms with Crippen LogP contribution in [0.5, 0.6) is 0 Å². The second-order valence-corrected chi connectivity index (χ2v) is 3.34. The Balaban J connectivity index is 2.66. The van der Waals surface area contributed by atoms with Gasteiger partial charge in [-0.3, -0.25) is 15.1 Å². The van der Waals surface area contributed by atoms with Crippen molar-refractivity contribution < 1.29 is 18.0 Å². The second kappa shape index (κ2) is 5.57. The lowest BCUT2D eigenvalue weighted by molar-refractivity contribution is 0.0913. The number of nitrogens with one attached hydrogen (secondary N) is 1. The molecule has 7 heteroatoms. The number of nitrogens with zero attached hydrogens (tertiary/aromatic N) is 1. The summed E-state index contributed by atoms with van der Waals surface area (Å²) in [6.07, 6.45) is -1.10. The summed E-state index contributed by atoms with van der Waals surface area (Å²) < 4.78 is 29.1. The average molecular weight is 233 g/mol. The minimum atomic E-state index is -2.41. The van der Waals surface area contributed by atoms with Gasteiger partial charge in [-0.2, -0.15) is 0 Å². The Labute approximate surface area is 91.2 Å². The van der Waals surface area contributed by atoms with Gasteiger partial charge in [-0.1, -0.05) is 0 Å². The molecule has 0 aliphatic carbocycles. The van der Waals surface area contributed by atoms with Crippen molar-refractivity contribution in [1.29, 1.82) is 0 Å². The SMILES string of the molecule is CN(Cc1ccoc1C(=O)NN)CC(F)F. The highest BCUT2D eigenvalue weighted by Gasteiger charge is 2.16. The van der Waals surface area contributed by atoms with Gasteiger partial charge >= 0.3 is 5.91 Å². The lowest BCUT2D eigenvalue weighted by atomic mass is 10.2. The molecular weight excluding hydrogens is 220 g/mol. The second-order valence-electron chi connectivity index (χ2n) is 3.34. The Morgan fingerprint density at radius 1 is 1.69 bits per heavy atom. The van der Waals surface area contributed by atoms with Crippen molar-refractivity contribution in [2.75, 3.05) is 13.6 Å². The zero-order valence-electron chi connectivity index (χ0n) is 8.74. The van der Waals surface area contributed by atoms with Crippen molar-refractivity contribution in [1.82, 2.24) is 10.3 Å². The van der Waals surface area contributed by atoms with Gasteiger partial charge in [0, 0.05) is 12.1 Å². The Morgan fingerprint density at radius 2 is 2.38 bits per heavy atom. The van der Waals surface area contributed by atoms with Crippen molar-refractivity contribution in [3.8, 4) is 0 Å². The molecule has 0 unspecified atom stereocenters. The number of nitrogens with two attached hydrogens (primary N) is 1. The van der Waals surface area contributed by atoms with Crippen LogP contribution in [-0.4, -0.2) is 30.8 Å². The van der Waals surface area contributed by atoms with Crippen molar-refractivity contribution >= 4 is 5.91 Å². The van der Waals surface area contributed by atoms with Crippen LogP contribution in [0.2, 0.25) is 0 Å². The van der Waals surface area contributed by atoms with Crippen molar-refractivity contribution in [2.24, 2.45) is 5.84 Å². The minimum absolute atomic E-state index is 0.0450. The number of hydrazine groups is 1. The molecule has 0 fully saturated rings. The average Bonchev–Trinajstić information content (AvgIpc) is 2.63. The number of alkyl halides is 2. The molecule has 1 amide bonds. The van der Waals surface area contributed by atoms with E-state index < -0.39 is 12.3 Å². The number of amides is 1. The first-order valence-corrected chi connectivity index (χ1v) is 4.58. The van der Waals surface area contributed by atoms with Crippen molar-refractivity contribution in [2.45, 2.75) is 13.0 Å². The third kappa shape index (κ3) is 3.28. The molecular formula is C9H13F2N3O2. The number of halogens is 2. The maximum Gasteiger partial charge on any atom is 0.301 e. The molecule has 1 aromatic heterocycles. The van der Waals surface area contributed by atoms with E-state index in [2.05, 4.69) is 0 Å². The quantitative estimate of drug-likeness (QED) is 0.443. The van der Waals surface area contributed by atoms with E-state index in [1.165, 1.54) is 18.2 Å². The molecule has 0 aromatic carbocycles. The summed E-state index contributed by atoms with van der Waals surface area (Å²) in [5.74, 6) is 4.42. The van der Waals surface area contributed by atoms with Gasteiger partial charge in [-0.25, -0.2) is 14.6 Å². The molecule has 5 nitrogen and oxygen atoms in total. The summed E-state index contributed by atoms with van der Waals surface area (Å²) in [5, 5.41) is 0. The highest BCUT2D eigenvalue weighted by molar-refractivity contribution is 5.92. The van der Waals surface area contributed by atoms with E-state index in [4.69, 9.17) is 10.3 Å². The molecule has 0 spiro atoms. The van der Waals surface area contributed by atoms with E-state index in [-0.39, 0.29) is 18.8 Å². The zero-order chi connectivity index (χ0) is 12.1. The van der Waals surface area contributed by atoms with Gasteiger partial charge in [-0.15, -0.1) is 0 Å². The third-order valence-electron chi connectivity index (χ3n) is 1.97. The minimum Gasteiger partial charge on any atom is -0.459 e. The van der Waals surface area contributed by atoms with E-state index in [1.54, 1.807) is 6.07 Å². The van der Waals surface area contributed by atoms with Crippen LogP contribution in [0, 0.1) is 0 Å². The Hall–Kier alpha value is -1.47. The predicted octanol–water partition coefficient (Wildman–Crippen LogP) is 0.580. The summed E-state index contributed by atoms with van der Waals surface area (Å²) >= 11 is 0. The monoisotopic (exact) mass is 233 g/mol. The van der Waals surface area contributed by atoms with Gasteiger partial charge in [0.1, 0.15) is 0 Å². The molecule has 16 heavy (non-hydrogen) atoms. The van der Waals surface area contributed by atoms with Crippen LogP contribution in [0.3, 0.4) is 0 Å². The summed E-state index contributed by atoms with van der Waals surface area (Å²) in [4.78, 5) is 12.6. The van der Waals surface area contributed by atoms with Gasteiger partial charge in [0.25, 0.3) is 6.43 Å². The van der Waals surface area contributed by atoms with Gasteiger partial charge in [-0.05, 0) is 13.1 Å². The fourth-order valence-electron chi connectivity index (χ4n) is 1.32. The largest absolute Gasteiger partial charge is 0.459 e. The third-order valence-corrected chi connectivity index (χ3v) is 1.97. The van der Waals surface area contributed by atoms with Gasteiger partial charge in [0.15, 0.2) is 5.76 Å². The Bertz CT molecular complexity index is 354. The van der Waals surface area contributed by atoms with Crippen LogP contribution >= 0.6 is 0 Å². The standard InChI is InChI=1S/C9H13F2N3O2/c1-14(5-7(10)11)4-6-2-3-16-8(6)9(15)13-12/h2-3,7H,4-5,12H2,1H3,(H,13,15). The van der Waals surface area contributed by atoms with E-state index >= 15 is 0 Å². The van der Waals surface area contributed by atoms with Gasteiger partial charge < -0.3 is 4.42 Å². The topological polar surface area (TPSA) is 71.5 Å². The molecule has 0 radical (unpaired) electrons. The molecule has 1 aromatic rings. The number of furan rings is 1. The fourth-order valence-corrected chi connectivity index (χ4v) is 1.32. The summed E-state index contributed by atoms with van der Waals surface area (Å²) in [7, 11) is 1.53. The predicted molar refractivity (Wildman–Crippen MR) is 52.7 cm³/mol. The molecule has 0 saturated heterocycles. The summed E-state index contributed by atoms with van der Waals surface area (Å²) in [6.45, 7) is -0.168. The number of carbonyl (C=O) groups excluding carboxylic acids is 1. The summed E-state index contributed by atoms with van der Waals surface area (Å²) in [6, 6.07) is 1.55. The molecule has 0 aliphatic heterocycles. The molecule has 0 atom stereocenters. The maximum atomic E-state index is 12.1. The van der Waals surface area contributed by atoms with Crippen molar-refractivity contribution in [3.05, 3.63) is 23.7 Å². The first kappa shape index (κ1) is 12.6. The molecule has 90 valence electrons. The normalized spacial score (nSPS) is 11.1. The molecule has 0 aliphatic rings. The van der Waals surface area contributed by atoms with Crippen LogP contribution in [0.15, 0.2) is 16.7 Å². The highest BCUT2D eigenvalue weighted by atomic mass is 19.3.